The summed E-state index contributed by atoms with van der Waals surface area (Å²) >= 11 is 0. The van der Waals surface area contributed by atoms with E-state index in [-0.39, 0.29) is 24.3 Å². The summed E-state index contributed by atoms with van der Waals surface area (Å²) < 4.78 is 30.0. The van der Waals surface area contributed by atoms with Gasteiger partial charge in [-0.2, -0.15) is 0 Å². The average Bonchev–Trinajstić information content (AvgIpc) is 2.68. The standard InChI is InChI=1S/C20H25FN2O3.ClH/c1-24-18-11-20(26-3)19(25-2)10-15(18)13-23-8-7-22-12-17(23)14-5-4-6-16(21)9-14;/h4-6,9-11,17,22H,7-8,12-13H2,1-3H3;1H. The molecule has 0 aliphatic carbocycles. The highest BCUT2D eigenvalue weighted by Crippen LogP contribution is 2.36. The number of benzene rings is 2. The number of methoxy groups -OCH3 is 3. The van der Waals surface area contributed by atoms with E-state index in [0.717, 1.165) is 36.5 Å². The van der Waals surface area contributed by atoms with Crippen molar-refractivity contribution >= 4 is 12.4 Å². The van der Waals surface area contributed by atoms with Gasteiger partial charge in [-0.3, -0.25) is 4.90 Å². The lowest BCUT2D eigenvalue weighted by atomic mass is 10.0. The average molecular weight is 397 g/mol. The molecule has 148 valence electrons. The molecule has 1 unspecified atom stereocenters. The van der Waals surface area contributed by atoms with Crippen LogP contribution in [0.5, 0.6) is 17.2 Å². The van der Waals surface area contributed by atoms with Crippen molar-refractivity contribution in [2.75, 3.05) is 41.0 Å². The van der Waals surface area contributed by atoms with Crippen molar-refractivity contribution in [1.29, 1.82) is 0 Å². The highest BCUT2D eigenvalue weighted by Gasteiger charge is 2.25. The topological polar surface area (TPSA) is 43.0 Å². The van der Waals surface area contributed by atoms with Gasteiger partial charge in [0, 0.05) is 43.9 Å². The predicted octanol–water partition coefficient (Wildman–Crippen LogP) is 3.42. The third kappa shape index (κ3) is 4.83. The number of nitrogens with one attached hydrogen (secondary N) is 1. The first-order valence-electron chi connectivity index (χ1n) is 8.65. The Hall–Kier alpha value is -2.02. The molecule has 0 saturated carbocycles. The van der Waals surface area contributed by atoms with Crippen LogP contribution in [0.3, 0.4) is 0 Å². The normalized spacial score (nSPS) is 17.1. The highest BCUT2D eigenvalue weighted by atomic mass is 35.5. The maximum atomic E-state index is 13.7. The molecule has 1 aliphatic heterocycles. The molecule has 5 nitrogen and oxygen atoms in total. The Bertz CT molecular complexity index is 760. The Morgan fingerprint density at radius 3 is 2.41 bits per heavy atom. The van der Waals surface area contributed by atoms with Gasteiger partial charge in [-0.1, -0.05) is 12.1 Å². The zero-order valence-corrected chi connectivity index (χ0v) is 16.6. The second kappa shape index (κ2) is 9.78. The Balaban J connectivity index is 0.00000261. The van der Waals surface area contributed by atoms with Crippen LogP contribution in [0.25, 0.3) is 0 Å². The summed E-state index contributed by atoms with van der Waals surface area (Å²) in [6, 6.07) is 10.7. The van der Waals surface area contributed by atoms with Gasteiger partial charge in [0.1, 0.15) is 11.6 Å². The number of hydrogen-bond donors (Lipinski definition) is 1. The summed E-state index contributed by atoms with van der Waals surface area (Å²) in [6.07, 6.45) is 0. The number of ether oxygens (including phenoxy) is 3. The van der Waals surface area contributed by atoms with Crippen LogP contribution in [0.2, 0.25) is 0 Å². The van der Waals surface area contributed by atoms with Crippen molar-refractivity contribution in [3.8, 4) is 17.2 Å². The van der Waals surface area contributed by atoms with Gasteiger partial charge in [0.15, 0.2) is 11.5 Å². The molecule has 0 radical (unpaired) electrons. The minimum Gasteiger partial charge on any atom is -0.496 e. The number of hydrogen-bond acceptors (Lipinski definition) is 5. The van der Waals surface area contributed by atoms with Crippen molar-refractivity contribution in [2.45, 2.75) is 12.6 Å². The molecule has 0 spiro atoms. The van der Waals surface area contributed by atoms with Crippen LogP contribution in [0.1, 0.15) is 17.2 Å². The number of nitrogens with zero attached hydrogens (tertiary/aromatic N) is 1. The summed E-state index contributed by atoms with van der Waals surface area (Å²) in [5.74, 6) is 1.84. The van der Waals surface area contributed by atoms with Gasteiger partial charge < -0.3 is 19.5 Å². The summed E-state index contributed by atoms with van der Waals surface area (Å²) in [4.78, 5) is 2.33. The van der Waals surface area contributed by atoms with Crippen LogP contribution in [0.15, 0.2) is 36.4 Å². The number of piperazine rings is 1. The Labute approximate surface area is 165 Å². The minimum absolute atomic E-state index is 0. The second-order valence-corrected chi connectivity index (χ2v) is 6.26. The first-order valence-corrected chi connectivity index (χ1v) is 8.65. The molecular formula is C20H26ClFN2O3. The Kier molecular flexibility index (Phi) is 7.71. The van der Waals surface area contributed by atoms with Crippen molar-refractivity contribution < 1.29 is 18.6 Å². The predicted molar refractivity (Wildman–Crippen MR) is 106 cm³/mol. The Morgan fingerprint density at radius 1 is 1.04 bits per heavy atom. The van der Waals surface area contributed by atoms with E-state index in [1.807, 2.05) is 18.2 Å². The Morgan fingerprint density at radius 2 is 1.74 bits per heavy atom. The van der Waals surface area contributed by atoms with Crippen LogP contribution < -0.4 is 19.5 Å². The summed E-state index contributed by atoms with van der Waals surface area (Å²) in [6.45, 7) is 3.20. The van der Waals surface area contributed by atoms with E-state index in [2.05, 4.69) is 10.2 Å². The van der Waals surface area contributed by atoms with Gasteiger partial charge >= 0.3 is 0 Å². The lowest BCUT2D eigenvalue weighted by molar-refractivity contribution is 0.151. The van der Waals surface area contributed by atoms with Crippen LogP contribution in [-0.2, 0) is 6.54 Å². The van der Waals surface area contributed by atoms with E-state index in [4.69, 9.17) is 14.2 Å². The third-order valence-corrected chi connectivity index (χ3v) is 4.75. The lowest BCUT2D eigenvalue weighted by Crippen LogP contribution is -2.45. The molecule has 1 aliphatic rings. The fraction of sp³-hybridized carbons (Fsp3) is 0.400. The minimum atomic E-state index is -0.211. The molecule has 1 atom stereocenters. The van der Waals surface area contributed by atoms with Crippen molar-refractivity contribution in [3.63, 3.8) is 0 Å². The van der Waals surface area contributed by atoms with Gasteiger partial charge in [-0.25, -0.2) is 4.39 Å². The first kappa shape index (κ1) is 21.3. The molecule has 2 aromatic rings. The molecular weight excluding hydrogens is 371 g/mol. The smallest absolute Gasteiger partial charge is 0.164 e. The monoisotopic (exact) mass is 396 g/mol. The molecule has 1 saturated heterocycles. The highest BCUT2D eigenvalue weighted by molar-refractivity contribution is 5.85. The molecule has 3 rings (SSSR count). The van der Waals surface area contributed by atoms with E-state index < -0.39 is 0 Å². The largest absolute Gasteiger partial charge is 0.496 e. The van der Waals surface area contributed by atoms with E-state index >= 15 is 0 Å². The van der Waals surface area contributed by atoms with E-state index in [1.165, 1.54) is 6.07 Å². The fourth-order valence-corrected chi connectivity index (χ4v) is 3.41. The van der Waals surface area contributed by atoms with E-state index in [0.29, 0.717) is 18.0 Å². The van der Waals surface area contributed by atoms with Crippen LogP contribution in [-0.4, -0.2) is 45.9 Å². The molecule has 7 heteroatoms. The second-order valence-electron chi connectivity index (χ2n) is 6.26. The van der Waals surface area contributed by atoms with Crippen molar-refractivity contribution in [1.82, 2.24) is 10.2 Å². The molecule has 27 heavy (non-hydrogen) atoms. The van der Waals surface area contributed by atoms with Gasteiger partial charge in [0.25, 0.3) is 0 Å². The van der Waals surface area contributed by atoms with Gasteiger partial charge in [-0.15, -0.1) is 12.4 Å². The van der Waals surface area contributed by atoms with Gasteiger partial charge in [-0.05, 0) is 23.8 Å². The molecule has 0 bridgehead atoms. The fourth-order valence-electron chi connectivity index (χ4n) is 3.41. The SMILES string of the molecule is COc1cc(OC)c(OC)cc1CN1CCNCC1c1cccc(F)c1.Cl. The zero-order chi connectivity index (χ0) is 18.5. The maximum absolute atomic E-state index is 13.7. The zero-order valence-electron chi connectivity index (χ0n) is 15.8. The van der Waals surface area contributed by atoms with Gasteiger partial charge in [0.05, 0.1) is 21.3 Å². The lowest BCUT2D eigenvalue weighted by Gasteiger charge is -2.37. The van der Waals surface area contributed by atoms with Crippen LogP contribution in [0.4, 0.5) is 4.39 Å². The van der Waals surface area contributed by atoms with Crippen LogP contribution in [0, 0.1) is 5.82 Å². The number of halogens is 2. The molecule has 0 amide bonds. The summed E-state index contributed by atoms with van der Waals surface area (Å²) in [7, 11) is 4.87. The van der Waals surface area contributed by atoms with Crippen molar-refractivity contribution in [2.24, 2.45) is 0 Å². The van der Waals surface area contributed by atoms with E-state index in [1.54, 1.807) is 33.5 Å². The molecule has 1 fully saturated rings. The molecule has 1 N–H and O–H groups in total. The van der Waals surface area contributed by atoms with Gasteiger partial charge in [0.2, 0.25) is 0 Å². The maximum Gasteiger partial charge on any atom is 0.164 e. The molecule has 2 aromatic carbocycles. The molecule has 1 heterocycles. The molecule has 0 aromatic heterocycles. The first-order chi connectivity index (χ1) is 12.7. The number of rotatable bonds is 6. The summed E-state index contributed by atoms with van der Waals surface area (Å²) in [5, 5.41) is 3.40. The summed E-state index contributed by atoms with van der Waals surface area (Å²) in [5.41, 5.74) is 1.98. The quantitative estimate of drug-likeness (QED) is 0.810. The van der Waals surface area contributed by atoms with E-state index in [9.17, 15) is 4.39 Å². The third-order valence-electron chi connectivity index (χ3n) is 4.75. The van der Waals surface area contributed by atoms with Crippen LogP contribution >= 0.6 is 12.4 Å². The van der Waals surface area contributed by atoms with Crippen molar-refractivity contribution in [3.05, 3.63) is 53.3 Å².